The highest BCUT2D eigenvalue weighted by atomic mass is 33.1. The summed E-state index contributed by atoms with van der Waals surface area (Å²) in [6.45, 7) is 7.11. The molecule has 0 atom stereocenters. The maximum absolute atomic E-state index is 9.52. The number of hydrogen-bond acceptors (Lipinski definition) is 6. The minimum Gasteiger partial charge on any atom is -0.475 e. The zero-order chi connectivity index (χ0) is 11.4. The van der Waals surface area contributed by atoms with Crippen LogP contribution in [0.2, 0.25) is 0 Å². The molecule has 0 heterocycles. The largest absolute Gasteiger partial charge is 0.475 e. The lowest BCUT2D eigenvalue weighted by molar-refractivity contribution is 0.160. The van der Waals surface area contributed by atoms with E-state index in [4.69, 9.17) is 29.2 Å². The Labute approximate surface area is 104 Å². The van der Waals surface area contributed by atoms with Crippen molar-refractivity contribution in [3.8, 4) is 0 Å². The summed E-state index contributed by atoms with van der Waals surface area (Å²) in [5.74, 6) is 0. The Morgan fingerprint density at radius 1 is 1.29 bits per heavy atom. The highest BCUT2D eigenvalue weighted by Crippen LogP contribution is 2.30. The first-order chi connectivity index (χ1) is 6.23. The highest BCUT2D eigenvalue weighted by molar-refractivity contribution is 8.89. The first-order valence-electron chi connectivity index (χ1n) is 4.05. The van der Waals surface area contributed by atoms with E-state index in [2.05, 4.69) is 0 Å². The van der Waals surface area contributed by atoms with Crippen LogP contribution in [0.25, 0.3) is 0 Å². The van der Waals surface area contributed by atoms with E-state index < -0.39 is 5.60 Å². The smallest absolute Gasteiger partial charge is 0.231 e. The van der Waals surface area contributed by atoms with Crippen LogP contribution in [0.5, 0.6) is 0 Å². The number of rotatable bonds is 2. The molecule has 1 N–H and O–H groups in total. The number of thiocarbonyl (C=S) groups is 2. The second-order valence-corrected chi connectivity index (χ2v) is 6.84. The van der Waals surface area contributed by atoms with Gasteiger partial charge in [0.05, 0.1) is 10.3 Å². The third-order valence-corrected chi connectivity index (χ3v) is 4.92. The summed E-state index contributed by atoms with van der Waals surface area (Å²) in [5, 5.41) is 9.52. The van der Waals surface area contributed by atoms with E-state index >= 15 is 0 Å². The molecule has 0 aliphatic rings. The second-order valence-electron chi connectivity index (χ2n) is 3.43. The summed E-state index contributed by atoms with van der Waals surface area (Å²) < 4.78 is 6.18. The summed E-state index contributed by atoms with van der Waals surface area (Å²) in [7, 11) is 2.53. The normalized spacial score (nSPS) is 11.6. The molecule has 0 aromatic rings. The van der Waals surface area contributed by atoms with Crippen molar-refractivity contribution >= 4 is 54.6 Å². The lowest BCUT2D eigenvalue weighted by atomic mass is 10.2. The molecule has 0 bridgehead atoms. The first kappa shape index (κ1) is 14.6. The van der Waals surface area contributed by atoms with Gasteiger partial charge in [0.2, 0.25) is 4.38 Å². The van der Waals surface area contributed by atoms with Crippen LogP contribution in [0.4, 0.5) is 0 Å². The number of ether oxygens (including phenoxy) is 1. The van der Waals surface area contributed by atoms with Crippen molar-refractivity contribution in [1.82, 2.24) is 0 Å². The van der Waals surface area contributed by atoms with Gasteiger partial charge in [-0.25, -0.2) is 0 Å². The summed E-state index contributed by atoms with van der Waals surface area (Å²) in [4.78, 5) is 0. The Bertz CT molecular complexity index is 220. The third-order valence-electron chi connectivity index (χ3n) is 1.02. The lowest BCUT2D eigenvalue weighted by Crippen LogP contribution is -2.26. The van der Waals surface area contributed by atoms with Crippen LogP contribution in [0, 0.1) is 0 Å². The van der Waals surface area contributed by atoms with Crippen LogP contribution < -0.4 is 0 Å². The molecule has 0 radical (unpaired) electrons. The molecule has 0 aliphatic carbocycles. The first-order valence-corrected chi connectivity index (χ1v) is 7.02. The van der Waals surface area contributed by atoms with Crippen LogP contribution in [-0.2, 0) is 4.74 Å². The fourth-order valence-electron chi connectivity index (χ4n) is 0.386. The average Bonchev–Trinajstić information content (AvgIpc) is 1.96. The average molecular weight is 270 g/mol. The Morgan fingerprint density at radius 2 is 1.79 bits per heavy atom. The van der Waals surface area contributed by atoms with Gasteiger partial charge in [0.15, 0.2) is 0 Å². The predicted octanol–water partition coefficient (Wildman–Crippen LogP) is 3.18. The van der Waals surface area contributed by atoms with Crippen molar-refractivity contribution < 1.29 is 9.84 Å². The Morgan fingerprint density at radius 3 is 2.14 bits per heavy atom. The SMILES string of the molecule is CC(C)OC(=S)SSC(=S)C(C)(C)O. The zero-order valence-corrected chi connectivity index (χ0v) is 11.8. The molecule has 0 aromatic carbocycles. The van der Waals surface area contributed by atoms with E-state index in [0.29, 0.717) is 8.58 Å². The van der Waals surface area contributed by atoms with Gasteiger partial charge < -0.3 is 9.84 Å². The van der Waals surface area contributed by atoms with Crippen molar-refractivity contribution in [1.29, 1.82) is 0 Å². The van der Waals surface area contributed by atoms with Gasteiger partial charge in [0.1, 0.15) is 5.60 Å². The van der Waals surface area contributed by atoms with Crippen LogP contribution >= 0.6 is 46.0 Å². The molecule has 0 spiro atoms. The van der Waals surface area contributed by atoms with Crippen molar-refractivity contribution in [2.75, 3.05) is 0 Å². The molecule has 0 aromatic heterocycles. The summed E-state index contributed by atoms with van der Waals surface area (Å²) in [6.07, 6.45) is 0.0753. The van der Waals surface area contributed by atoms with Crippen molar-refractivity contribution in [2.45, 2.75) is 39.4 Å². The van der Waals surface area contributed by atoms with Gasteiger partial charge in [0.25, 0.3) is 0 Å². The monoisotopic (exact) mass is 270 g/mol. The molecule has 0 unspecified atom stereocenters. The van der Waals surface area contributed by atoms with E-state index in [0.717, 1.165) is 0 Å². The van der Waals surface area contributed by atoms with Crippen LogP contribution in [-0.4, -0.2) is 25.4 Å². The van der Waals surface area contributed by atoms with Gasteiger partial charge in [-0.3, -0.25) is 0 Å². The molecule has 14 heavy (non-hydrogen) atoms. The van der Waals surface area contributed by atoms with E-state index in [1.54, 1.807) is 13.8 Å². The quantitative estimate of drug-likeness (QED) is 0.612. The number of hydrogen-bond donors (Lipinski definition) is 1. The van der Waals surface area contributed by atoms with E-state index in [9.17, 15) is 5.11 Å². The molecule has 0 aliphatic heterocycles. The summed E-state index contributed by atoms with van der Waals surface area (Å²) >= 11 is 9.95. The van der Waals surface area contributed by atoms with E-state index in [1.807, 2.05) is 13.8 Å². The molecule has 82 valence electrons. The van der Waals surface area contributed by atoms with Crippen molar-refractivity contribution in [3.63, 3.8) is 0 Å². The molecule has 0 rings (SSSR count). The van der Waals surface area contributed by atoms with Crippen LogP contribution in [0.3, 0.4) is 0 Å². The minimum atomic E-state index is -0.958. The van der Waals surface area contributed by atoms with Gasteiger partial charge in [-0.2, -0.15) is 0 Å². The van der Waals surface area contributed by atoms with Crippen LogP contribution in [0.15, 0.2) is 0 Å². The van der Waals surface area contributed by atoms with E-state index in [-0.39, 0.29) is 6.10 Å². The molecule has 0 fully saturated rings. The topological polar surface area (TPSA) is 29.5 Å². The van der Waals surface area contributed by atoms with Crippen molar-refractivity contribution in [3.05, 3.63) is 0 Å². The number of aliphatic hydroxyl groups is 1. The van der Waals surface area contributed by atoms with Gasteiger partial charge in [-0.05, 0) is 61.5 Å². The maximum atomic E-state index is 9.52. The van der Waals surface area contributed by atoms with Gasteiger partial charge in [0, 0.05) is 0 Å². The van der Waals surface area contributed by atoms with Gasteiger partial charge >= 0.3 is 0 Å². The molecule has 0 saturated carbocycles. The van der Waals surface area contributed by atoms with E-state index in [1.165, 1.54) is 21.6 Å². The fraction of sp³-hybridized carbons (Fsp3) is 0.750. The highest BCUT2D eigenvalue weighted by Gasteiger charge is 2.21. The Kier molecular flexibility index (Phi) is 6.56. The molecule has 0 amide bonds. The second kappa shape index (κ2) is 6.27. The Hall–Kier alpha value is 0.640. The molecule has 2 nitrogen and oxygen atoms in total. The van der Waals surface area contributed by atoms with Crippen LogP contribution in [0.1, 0.15) is 27.7 Å². The predicted molar refractivity (Wildman–Crippen MR) is 72.9 cm³/mol. The molecule has 0 saturated heterocycles. The summed E-state index contributed by atoms with van der Waals surface area (Å²) in [6, 6.07) is 0. The molecular weight excluding hydrogens is 256 g/mol. The van der Waals surface area contributed by atoms with Gasteiger partial charge in [-0.15, -0.1) is 0 Å². The maximum Gasteiger partial charge on any atom is 0.231 e. The molecule has 6 heteroatoms. The van der Waals surface area contributed by atoms with Gasteiger partial charge in [-0.1, -0.05) is 12.2 Å². The zero-order valence-electron chi connectivity index (χ0n) is 8.57. The van der Waals surface area contributed by atoms with Crippen molar-refractivity contribution in [2.24, 2.45) is 0 Å². The third kappa shape index (κ3) is 7.00. The lowest BCUT2D eigenvalue weighted by Gasteiger charge is -2.17. The standard InChI is InChI=1S/C8H14O2S4/c1-5(2)10-7(12)14-13-6(11)8(3,4)9/h5,9H,1-4H3. The molecular formula is C8H14O2S4. The minimum absolute atomic E-state index is 0.0753. The Balaban J connectivity index is 3.84. The fourth-order valence-corrected chi connectivity index (χ4v) is 2.93. The summed E-state index contributed by atoms with van der Waals surface area (Å²) in [5.41, 5.74) is -0.958.